The van der Waals surface area contributed by atoms with Crippen LogP contribution < -0.4 is 5.73 Å². The van der Waals surface area contributed by atoms with Crippen LogP contribution in [0.1, 0.15) is 42.9 Å². The number of hydrogen-bond acceptors (Lipinski definition) is 2. The first-order chi connectivity index (χ1) is 6.68. The topological polar surface area (TPSA) is 43.8 Å². The Kier molecular flexibility index (Phi) is 2.59. The van der Waals surface area contributed by atoms with Gasteiger partial charge in [0, 0.05) is 24.7 Å². The van der Waals surface area contributed by atoms with Crippen LogP contribution in [0.5, 0.6) is 0 Å². The summed E-state index contributed by atoms with van der Waals surface area (Å²) < 4.78 is 2.01. The monoisotopic (exact) mass is 193 g/mol. The summed E-state index contributed by atoms with van der Waals surface area (Å²) in [4.78, 5) is 0. The quantitative estimate of drug-likeness (QED) is 0.738. The van der Waals surface area contributed by atoms with Crippen molar-refractivity contribution >= 4 is 0 Å². The molecule has 1 aromatic rings. The summed E-state index contributed by atoms with van der Waals surface area (Å²) in [5.41, 5.74) is 8.70. The predicted molar refractivity (Wildman–Crippen MR) is 57.1 cm³/mol. The minimum absolute atomic E-state index is 0.392. The summed E-state index contributed by atoms with van der Waals surface area (Å²) in [6.45, 7) is 2.14. The number of hydrogen-bond donors (Lipinski definition) is 1. The highest BCUT2D eigenvalue weighted by atomic mass is 15.3. The minimum Gasteiger partial charge on any atom is -0.328 e. The second-order valence-corrected chi connectivity index (χ2v) is 4.46. The minimum atomic E-state index is 0.392. The van der Waals surface area contributed by atoms with Crippen LogP contribution in [0.3, 0.4) is 0 Å². The molecule has 1 aromatic heterocycles. The SMILES string of the molecule is Cc1cnn(C)c1C1CCCC(N)C1. The van der Waals surface area contributed by atoms with E-state index in [2.05, 4.69) is 12.0 Å². The number of nitrogens with zero attached hydrogens (tertiary/aromatic N) is 2. The zero-order chi connectivity index (χ0) is 10.1. The van der Waals surface area contributed by atoms with Gasteiger partial charge in [-0.15, -0.1) is 0 Å². The van der Waals surface area contributed by atoms with Crippen LogP contribution in [-0.4, -0.2) is 15.8 Å². The van der Waals surface area contributed by atoms with Crippen LogP contribution in [0.2, 0.25) is 0 Å². The Hall–Kier alpha value is -0.830. The molecular formula is C11H19N3. The van der Waals surface area contributed by atoms with Crippen LogP contribution in [0.4, 0.5) is 0 Å². The highest BCUT2D eigenvalue weighted by Crippen LogP contribution is 2.33. The molecule has 0 saturated heterocycles. The highest BCUT2D eigenvalue weighted by Gasteiger charge is 2.24. The number of aryl methyl sites for hydroxylation is 2. The number of nitrogens with two attached hydrogens (primary N) is 1. The average molecular weight is 193 g/mol. The molecule has 3 heteroatoms. The van der Waals surface area contributed by atoms with E-state index in [1.807, 2.05) is 17.9 Å². The van der Waals surface area contributed by atoms with Crippen molar-refractivity contribution in [1.82, 2.24) is 9.78 Å². The predicted octanol–water partition coefficient (Wildman–Crippen LogP) is 1.71. The van der Waals surface area contributed by atoms with Gasteiger partial charge in [0.05, 0.1) is 6.20 Å². The zero-order valence-electron chi connectivity index (χ0n) is 9.03. The fraction of sp³-hybridized carbons (Fsp3) is 0.727. The standard InChI is InChI=1S/C11H19N3/c1-8-7-13-14(2)11(8)9-4-3-5-10(12)6-9/h7,9-10H,3-6,12H2,1-2H3. The second kappa shape index (κ2) is 3.73. The second-order valence-electron chi connectivity index (χ2n) is 4.46. The van der Waals surface area contributed by atoms with Gasteiger partial charge in [-0.2, -0.15) is 5.10 Å². The third kappa shape index (κ3) is 1.69. The molecule has 2 N–H and O–H groups in total. The lowest BCUT2D eigenvalue weighted by atomic mass is 9.83. The van der Waals surface area contributed by atoms with Crippen molar-refractivity contribution in [1.29, 1.82) is 0 Å². The average Bonchev–Trinajstić information content (AvgIpc) is 2.46. The third-order valence-corrected chi connectivity index (χ3v) is 3.28. The van der Waals surface area contributed by atoms with Crippen molar-refractivity contribution < 1.29 is 0 Å². The van der Waals surface area contributed by atoms with Crippen molar-refractivity contribution in [2.24, 2.45) is 12.8 Å². The molecule has 1 saturated carbocycles. The van der Waals surface area contributed by atoms with E-state index in [0.29, 0.717) is 12.0 Å². The first-order valence-electron chi connectivity index (χ1n) is 5.42. The molecule has 2 rings (SSSR count). The zero-order valence-corrected chi connectivity index (χ0v) is 9.03. The Bertz CT molecular complexity index is 297. The van der Waals surface area contributed by atoms with Gasteiger partial charge in [-0.25, -0.2) is 0 Å². The molecule has 0 aromatic carbocycles. The Labute approximate surface area is 85.3 Å². The molecule has 1 heterocycles. The first-order valence-corrected chi connectivity index (χ1v) is 5.42. The Balaban J connectivity index is 2.21. The van der Waals surface area contributed by atoms with Crippen molar-refractivity contribution in [3.05, 3.63) is 17.5 Å². The van der Waals surface area contributed by atoms with Crippen LogP contribution >= 0.6 is 0 Å². The van der Waals surface area contributed by atoms with Crippen molar-refractivity contribution in [2.75, 3.05) is 0 Å². The van der Waals surface area contributed by atoms with Gasteiger partial charge in [-0.05, 0) is 31.7 Å². The number of aromatic nitrogens is 2. The van der Waals surface area contributed by atoms with Gasteiger partial charge < -0.3 is 5.73 Å². The summed E-state index contributed by atoms with van der Waals surface area (Å²) in [5.74, 6) is 0.631. The molecule has 78 valence electrons. The summed E-state index contributed by atoms with van der Waals surface area (Å²) in [6.07, 6.45) is 6.80. The van der Waals surface area contributed by atoms with Crippen LogP contribution in [0, 0.1) is 6.92 Å². The molecule has 14 heavy (non-hydrogen) atoms. The molecule has 0 aliphatic heterocycles. The molecule has 1 aliphatic rings. The van der Waals surface area contributed by atoms with Crippen molar-refractivity contribution in [3.8, 4) is 0 Å². The van der Waals surface area contributed by atoms with Gasteiger partial charge in [-0.1, -0.05) is 6.42 Å². The van der Waals surface area contributed by atoms with E-state index in [9.17, 15) is 0 Å². The van der Waals surface area contributed by atoms with Gasteiger partial charge >= 0.3 is 0 Å². The van der Waals surface area contributed by atoms with E-state index in [0.717, 1.165) is 6.42 Å². The molecule has 1 fully saturated rings. The highest BCUT2D eigenvalue weighted by molar-refractivity contribution is 5.20. The summed E-state index contributed by atoms with van der Waals surface area (Å²) in [6, 6.07) is 0.392. The lowest BCUT2D eigenvalue weighted by molar-refractivity contribution is 0.378. The van der Waals surface area contributed by atoms with Crippen LogP contribution in [-0.2, 0) is 7.05 Å². The molecule has 0 amide bonds. The normalized spacial score (nSPS) is 27.9. The number of rotatable bonds is 1. The lowest BCUT2D eigenvalue weighted by Crippen LogP contribution is -2.28. The molecule has 0 radical (unpaired) electrons. The Morgan fingerprint density at radius 2 is 2.29 bits per heavy atom. The van der Waals surface area contributed by atoms with E-state index in [4.69, 9.17) is 5.73 Å². The van der Waals surface area contributed by atoms with Gasteiger partial charge in [0.1, 0.15) is 0 Å². The molecular weight excluding hydrogens is 174 g/mol. The Morgan fingerprint density at radius 1 is 1.50 bits per heavy atom. The van der Waals surface area contributed by atoms with Gasteiger partial charge in [0.2, 0.25) is 0 Å². The molecule has 2 atom stereocenters. The molecule has 3 nitrogen and oxygen atoms in total. The summed E-state index contributed by atoms with van der Waals surface area (Å²) in [5, 5.41) is 4.29. The maximum absolute atomic E-state index is 6.00. The van der Waals surface area contributed by atoms with Gasteiger partial charge in [-0.3, -0.25) is 4.68 Å². The molecule has 1 aliphatic carbocycles. The fourth-order valence-electron chi connectivity index (χ4n) is 2.62. The Morgan fingerprint density at radius 3 is 2.86 bits per heavy atom. The van der Waals surface area contributed by atoms with E-state index < -0.39 is 0 Å². The van der Waals surface area contributed by atoms with Crippen LogP contribution in [0.25, 0.3) is 0 Å². The van der Waals surface area contributed by atoms with E-state index in [1.165, 1.54) is 30.5 Å². The fourth-order valence-corrected chi connectivity index (χ4v) is 2.62. The van der Waals surface area contributed by atoms with Gasteiger partial charge in [0.25, 0.3) is 0 Å². The third-order valence-electron chi connectivity index (χ3n) is 3.28. The summed E-state index contributed by atoms with van der Waals surface area (Å²) >= 11 is 0. The van der Waals surface area contributed by atoms with Crippen molar-refractivity contribution in [2.45, 2.75) is 44.6 Å². The van der Waals surface area contributed by atoms with Crippen LogP contribution in [0.15, 0.2) is 6.20 Å². The molecule has 2 unspecified atom stereocenters. The molecule has 0 spiro atoms. The lowest BCUT2D eigenvalue weighted by Gasteiger charge is -2.27. The van der Waals surface area contributed by atoms with E-state index in [1.54, 1.807) is 0 Å². The first kappa shape index (κ1) is 9.71. The van der Waals surface area contributed by atoms with E-state index >= 15 is 0 Å². The maximum atomic E-state index is 6.00. The molecule has 0 bridgehead atoms. The maximum Gasteiger partial charge on any atom is 0.0521 e. The largest absolute Gasteiger partial charge is 0.328 e. The summed E-state index contributed by atoms with van der Waals surface area (Å²) in [7, 11) is 2.03. The van der Waals surface area contributed by atoms with E-state index in [-0.39, 0.29) is 0 Å². The smallest absolute Gasteiger partial charge is 0.0521 e. The van der Waals surface area contributed by atoms with Crippen molar-refractivity contribution in [3.63, 3.8) is 0 Å². The van der Waals surface area contributed by atoms with Gasteiger partial charge in [0.15, 0.2) is 0 Å².